The molecule has 0 aliphatic rings. The molecule has 0 aliphatic carbocycles. The molecule has 72 valence electrons. The van der Waals surface area contributed by atoms with Crippen molar-refractivity contribution in [1.29, 1.82) is 0 Å². The second-order valence-corrected chi connectivity index (χ2v) is 2.68. The van der Waals surface area contributed by atoms with Gasteiger partial charge < -0.3 is 20.3 Å². The van der Waals surface area contributed by atoms with Gasteiger partial charge in [0.1, 0.15) is 0 Å². The van der Waals surface area contributed by atoms with Crippen molar-refractivity contribution in [2.45, 2.75) is 0 Å². The summed E-state index contributed by atoms with van der Waals surface area (Å²) >= 11 is 0. The second-order valence-electron chi connectivity index (χ2n) is 2.68. The van der Waals surface area contributed by atoms with Crippen molar-refractivity contribution >= 4 is 22.5 Å². The Kier molecular flexibility index (Phi) is 1.57. The minimum Gasteiger partial charge on any atom is -0.412 e. The monoisotopic (exact) mass is 194 g/mol. The van der Waals surface area contributed by atoms with Crippen LogP contribution in [0, 0.1) is 0 Å². The summed E-state index contributed by atoms with van der Waals surface area (Å²) < 4.78 is 9.27. The molecular weight excluding hydrogens is 188 g/mol. The van der Waals surface area contributed by atoms with Crippen LogP contribution >= 0.6 is 0 Å². The van der Waals surface area contributed by atoms with Crippen LogP contribution in [0.3, 0.4) is 0 Å². The fourth-order valence-electron chi connectivity index (χ4n) is 1.07. The van der Waals surface area contributed by atoms with E-state index in [0.717, 1.165) is 0 Å². The van der Waals surface area contributed by atoms with Crippen molar-refractivity contribution in [2.75, 3.05) is 11.5 Å². The van der Waals surface area contributed by atoms with Crippen LogP contribution in [0.25, 0.3) is 11.2 Å². The fraction of sp³-hybridized carbons (Fsp3) is 0. The summed E-state index contributed by atoms with van der Waals surface area (Å²) in [5.74, 6) is 0. The van der Waals surface area contributed by atoms with E-state index < -0.39 is 11.3 Å². The molecule has 2 aromatic rings. The molecule has 0 unspecified atom stereocenters. The van der Waals surface area contributed by atoms with Crippen LogP contribution in [0.2, 0.25) is 0 Å². The predicted molar refractivity (Wildman–Crippen MR) is 49.8 cm³/mol. The maximum Gasteiger partial charge on any atom is 0.423 e. The number of fused-ring (bicyclic) bond motifs is 1. The van der Waals surface area contributed by atoms with Crippen LogP contribution in [0.5, 0.6) is 0 Å². The molecule has 0 atom stereocenters. The molecular formula is C8H6N2O4. The van der Waals surface area contributed by atoms with E-state index in [0.29, 0.717) is 0 Å². The highest BCUT2D eigenvalue weighted by Gasteiger charge is 2.10. The van der Waals surface area contributed by atoms with Gasteiger partial charge in [-0.2, -0.15) is 0 Å². The number of anilines is 2. The van der Waals surface area contributed by atoms with Gasteiger partial charge in [0.25, 0.3) is 0 Å². The zero-order chi connectivity index (χ0) is 10.3. The lowest BCUT2D eigenvalue weighted by atomic mass is 10.2. The second kappa shape index (κ2) is 2.63. The Labute approximate surface area is 76.7 Å². The van der Waals surface area contributed by atoms with Gasteiger partial charge in [0.2, 0.25) is 0 Å². The molecule has 1 heterocycles. The summed E-state index contributed by atoms with van der Waals surface area (Å²) in [6.07, 6.45) is 0. The quantitative estimate of drug-likeness (QED) is 0.447. The number of nitrogen functional groups attached to an aromatic ring is 2. The standard InChI is InChI=1S/C8H6N2O4/c9-3-1-2-4(10)6-5(3)13-7(11)8(12)14-6/h1-2H,9-10H2. The average Bonchev–Trinajstić information content (AvgIpc) is 2.15. The average molecular weight is 194 g/mol. The Morgan fingerprint density at radius 2 is 1.21 bits per heavy atom. The number of benzene rings is 1. The zero-order valence-electron chi connectivity index (χ0n) is 6.94. The van der Waals surface area contributed by atoms with Gasteiger partial charge in [-0.1, -0.05) is 0 Å². The molecule has 4 N–H and O–H groups in total. The van der Waals surface area contributed by atoms with Gasteiger partial charge in [-0.05, 0) is 12.1 Å². The molecule has 0 amide bonds. The number of nitrogens with two attached hydrogens (primary N) is 2. The summed E-state index contributed by atoms with van der Waals surface area (Å²) in [5.41, 5.74) is 9.15. The first kappa shape index (κ1) is 8.36. The minimum atomic E-state index is -1.10. The lowest BCUT2D eigenvalue weighted by Gasteiger charge is -2.00. The molecule has 1 aromatic carbocycles. The molecule has 0 fully saturated rings. The Morgan fingerprint density at radius 3 is 1.57 bits per heavy atom. The van der Waals surface area contributed by atoms with Crippen molar-refractivity contribution < 1.29 is 8.83 Å². The van der Waals surface area contributed by atoms with E-state index in [2.05, 4.69) is 8.83 Å². The Morgan fingerprint density at radius 1 is 0.857 bits per heavy atom. The SMILES string of the molecule is Nc1ccc(N)c2oc(=O)c(=O)oc12. The minimum absolute atomic E-state index is 0.00500. The van der Waals surface area contributed by atoms with Gasteiger partial charge >= 0.3 is 11.3 Å². The number of rotatable bonds is 0. The highest BCUT2D eigenvalue weighted by atomic mass is 16.5. The normalized spacial score (nSPS) is 10.6. The van der Waals surface area contributed by atoms with E-state index in [1.54, 1.807) is 0 Å². The smallest absolute Gasteiger partial charge is 0.412 e. The third-order valence-corrected chi connectivity index (χ3v) is 1.73. The van der Waals surface area contributed by atoms with Gasteiger partial charge in [-0.15, -0.1) is 0 Å². The van der Waals surface area contributed by atoms with Crippen molar-refractivity contribution in [3.05, 3.63) is 33.0 Å². The van der Waals surface area contributed by atoms with Crippen LogP contribution in [-0.4, -0.2) is 0 Å². The predicted octanol–water partition coefficient (Wildman–Crippen LogP) is -0.0894. The van der Waals surface area contributed by atoms with Crippen molar-refractivity contribution in [3.63, 3.8) is 0 Å². The number of hydrogen-bond donors (Lipinski definition) is 2. The molecule has 0 saturated carbocycles. The van der Waals surface area contributed by atoms with Crippen molar-refractivity contribution in [3.8, 4) is 0 Å². The van der Waals surface area contributed by atoms with E-state index in [1.165, 1.54) is 12.1 Å². The number of hydrogen-bond acceptors (Lipinski definition) is 6. The van der Waals surface area contributed by atoms with Gasteiger partial charge in [-0.3, -0.25) is 0 Å². The van der Waals surface area contributed by atoms with E-state index in [-0.39, 0.29) is 22.5 Å². The Bertz CT molecular complexity index is 556. The van der Waals surface area contributed by atoms with Crippen LogP contribution in [0.1, 0.15) is 0 Å². The third-order valence-electron chi connectivity index (χ3n) is 1.73. The maximum absolute atomic E-state index is 10.8. The summed E-state index contributed by atoms with van der Waals surface area (Å²) in [5, 5.41) is 0. The van der Waals surface area contributed by atoms with E-state index in [9.17, 15) is 9.59 Å². The first-order valence-corrected chi connectivity index (χ1v) is 3.71. The summed E-state index contributed by atoms with van der Waals surface area (Å²) in [6, 6.07) is 2.92. The highest BCUT2D eigenvalue weighted by Crippen LogP contribution is 2.23. The molecule has 6 heteroatoms. The van der Waals surface area contributed by atoms with Gasteiger partial charge in [0.15, 0.2) is 11.2 Å². The molecule has 0 bridgehead atoms. The molecule has 2 rings (SSSR count). The maximum atomic E-state index is 10.8. The largest absolute Gasteiger partial charge is 0.423 e. The van der Waals surface area contributed by atoms with Gasteiger partial charge in [0, 0.05) is 0 Å². The molecule has 1 aromatic heterocycles. The van der Waals surface area contributed by atoms with Crippen molar-refractivity contribution in [1.82, 2.24) is 0 Å². The van der Waals surface area contributed by atoms with Crippen LogP contribution in [0.15, 0.2) is 30.6 Å². The molecule has 0 saturated heterocycles. The Balaban J connectivity index is 3.09. The van der Waals surface area contributed by atoms with Crippen LogP contribution in [0.4, 0.5) is 11.4 Å². The lowest BCUT2D eigenvalue weighted by molar-refractivity contribution is 0.450. The first-order chi connectivity index (χ1) is 6.59. The van der Waals surface area contributed by atoms with E-state index in [4.69, 9.17) is 11.5 Å². The highest BCUT2D eigenvalue weighted by molar-refractivity contribution is 5.91. The summed E-state index contributed by atoms with van der Waals surface area (Å²) in [4.78, 5) is 21.7. The third kappa shape index (κ3) is 1.05. The molecule has 0 radical (unpaired) electrons. The molecule has 6 nitrogen and oxygen atoms in total. The lowest BCUT2D eigenvalue weighted by Crippen LogP contribution is -2.21. The van der Waals surface area contributed by atoms with E-state index >= 15 is 0 Å². The Hall–Kier alpha value is -2.24. The molecule has 14 heavy (non-hydrogen) atoms. The van der Waals surface area contributed by atoms with Crippen LogP contribution in [-0.2, 0) is 0 Å². The first-order valence-electron chi connectivity index (χ1n) is 3.71. The van der Waals surface area contributed by atoms with Crippen molar-refractivity contribution in [2.24, 2.45) is 0 Å². The van der Waals surface area contributed by atoms with E-state index in [1.807, 2.05) is 0 Å². The van der Waals surface area contributed by atoms with Gasteiger partial charge in [0.05, 0.1) is 11.4 Å². The zero-order valence-corrected chi connectivity index (χ0v) is 6.94. The van der Waals surface area contributed by atoms with Gasteiger partial charge in [-0.25, -0.2) is 9.59 Å². The molecule has 0 spiro atoms. The van der Waals surface area contributed by atoms with Crippen LogP contribution < -0.4 is 22.7 Å². The summed E-state index contributed by atoms with van der Waals surface area (Å²) in [6.45, 7) is 0. The fourth-order valence-corrected chi connectivity index (χ4v) is 1.07. The topological polar surface area (TPSA) is 112 Å². The summed E-state index contributed by atoms with van der Waals surface area (Å²) in [7, 11) is 0. The molecule has 0 aliphatic heterocycles.